The fourth-order valence-corrected chi connectivity index (χ4v) is 4.16. The first-order valence-electron chi connectivity index (χ1n) is 9.55. The van der Waals surface area contributed by atoms with E-state index in [1.165, 1.54) is 13.2 Å². The zero-order chi connectivity index (χ0) is 21.6. The van der Waals surface area contributed by atoms with Crippen molar-refractivity contribution in [2.75, 3.05) is 26.9 Å². The van der Waals surface area contributed by atoms with Crippen LogP contribution >= 0.6 is 0 Å². The molecule has 2 aromatic carbocycles. The quantitative estimate of drug-likeness (QED) is 0.561. The van der Waals surface area contributed by atoms with Crippen LogP contribution < -0.4 is 4.18 Å². The van der Waals surface area contributed by atoms with Crippen LogP contribution in [-0.4, -0.2) is 52.2 Å². The largest absolute Gasteiger partial charge is 0.379 e. The molecule has 1 saturated heterocycles. The van der Waals surface area contributed by atoms with Crippen LogP contribution in [0.25, 0.3) is 0 Å². The van der Waals surface area contributed by atoms with E-state index < -0.39 is 15.9 Å². The van der Waals surface area contributed by atoms with E-state index in [2.05, 4.69) is 0 Å². The Morgan fingerprint density at radius 1 is 1.20 bits per heavy atom. The number of carbonyl (C=O) groups is 1. The molecule has 1 heterocycles. The number of para-hydroxylation sites is 1. The second kappa shape index (κ2) is 10.0. The van der Waals surface area contributed by atoms with Gasteiger partial charge in [-0.25, -0.2) is 4.39 Å². The van der Waals surface area contributed by atoms with Crippen LogP contribution in [0.5, 0.6) is 5.75 Å². The van der Waals surface area contributed by atoms with E-state index in [4.69, 9.17) is 13.7 Å². The predicted octanol–water partition coefficient (Wildman–Crippen LogP) is 2.75. The van der Waals surface area contributed by atoms with Crippen molar-refractivity contribution in [2.24, 2.45) is 0 Å². The summed E-state index contributed by atoms with van der Waals surface area (Å²) in [5.74, 6) is -0.677. The van der Waals surface area contributed by atoms with Crippen molar-refractivity contribution in [1.29, 1.82) is 0 Å². The lowest BCUT2D eigenvalue weighted by atomic mass is 10.1. The first-order chi connectivity index (χ1) is 14.4. The van der Waals surface area contributed by atoms with Crippen LogP contribution in [0.4, 0.5) is 4.39 Å². The second-order valence-corrected chi connectivity index (χ2v) is 8.49. The predicted molar refractivity (Wildman–Crippen MR) is 107 cm³/mol. The monoisotopic (exact) mass is 437 g/mol. The molecule has 1 aliphatic heterocycles. The molecular formula is C21H24FNO6S. The minimum atomic E-state index is -4.16. The van der Waals surface area contributed by atoms with Gasteiger partial charge in [-0.15, -0.1) is 0 Å². The van der Waals surface area contributed by atoms with Crippen molar-refractivity contribution in [3.63, 3.8) is 0 Å². The Kier molecular flexibility index (Phi) is 7.41. The number of benzene rings is 2. The highest BCUT2D eigenvalue weighted by Crippen LogP contribution is 2.25. The van der Waals surface area contributed by atoms with Crippen LogP contribution in [0.2, 0.25) is 0 Å². The van der Waals surface area contributed by atoms with E-state index in [-0.39, 0.29) is 35.8 Å². The third-order valence-electron chi connectivity index (χ3n) is 4.70. The molecule has 1 atom stereocenters. The minimum Gasteiger partial charge on any atom is -0.379 e. The molecular weight excluding hydrogens is 413 g/mol. The lowest BCUT2D eigenvalue weighted by Crippen LogP contribution is -2.39. The molecule has 0 aromatic heterocycles. The van der Waals surface area contributed by atoms with Gasteiger partial charge >= 0.3 is 10.1 Å². The van der Waals surface area contributed by atoms with E-state index >= 15 is 0 Å². The van der Waals surface area contributed by atoms with Gasteiger partial charge in [-0.1, -0.05) is 18.2 Å². The summed E-state index contributed by atoms with van der Waals surface area (Å²) in [5, 5.41) is 0. The van der Waals surface area contributed by atoms with Gasteiger partial charge in [-0.3, -0.25) is 4.79 Å². The SMILES string of the molecule is COCC(=O)N(Cc1ccccc1OS(=O)(=O)c1ccc(F)cc1)CC1CCCO1. The first kappa shape index (κ1) is 22.2. The molecule has 0 spiro atoms. The Balaban J connectivity index is 1.81. The number of halogens is 1. The number of ether oxygens (including phenoxy) is 2. The third-order valence-corrected chi connectivity index (χ3v) is 5.95. The third kappa shape index (κ3) is 5.78. The molecule has 0 bridgehead atoms. The number of methoxy groups -OCH3 is 1. The van der Waals surface area contributed by atoms with E-state index in [0.717, 1.165) is 37.1 Å². The van der Waals surface area contributed by atoms with Gasteiger partial charge in [0.05, 0.1) is 6.10 Å². The number of rotatable bonds is 9. The fraction of sp³-hybridized carbons (Fsp3) is 0.381. The maximum Gasteiger partial charge on any atom is 0.339 e. The van der Waals surface area contributed by atoms with Gasteiger partial charge in [0, 0.05) is 32.4 Å². The van der Waals surface area contributed by atoms with Gasteiger partial charge in [0.2, 0.25) is 5.91 Å². The van der Waals surface area contributed by atoms with Crippen LogP contribution in [0.15, 0.2) is 53.4 Å². The summed E-state index contributed by atoms with van der Waals surface area (Å²) >= 11 is 0. The van der Waals surface area contributed by atoms with Gasteiger partial charge in [-0.05, 0) is 43.2 Å². The highest BCUT2D eigenvalue weighted by atomic mass is 32.2. The molecule has 9 heteroatoms. The Labute approximate surface area is 175 Å². The Bertz CT molecular complexity index is 958. The molecule has 30 heavy (non-hydrogen) atoms. The summed E-state index contributed by atoms with van der Waals surface area (Å²) in [5.41, 5.74) is 0.519. The van der Waals surface area contributed by atoms with Crippen molar-refractivity contribution in [3.8, 4) is 5.75 Å². The van der Waals surface area contributed by atoms with Gasteiger partial charge in [0.1, 0.15) is 23.1 Å². The zero-order valence-corrected chi connectivity index (χ0v) is 17.4. The normalized spacial score (nSPS) is 16.4. The molecule has 7 nitrogen and oxygen atoms in total. The second-order valence-electron chi connectivity index (χ2n) is 6.94. The number of hydrogen-bond donors (Lipinski definition) is 0. The van der Waals surface area contributed by atoms with E-state index in [1.807, 2.05) is 0 Å². The van der Waals surface area contributed by atoms with Gasteiger partial charge in [0.15, 0.2) is 0 Å². The zero-order valence-electron chi connectivity index (χ0n) is 16.6. The fourth-order valence-electron chi connectivity index (χ4n) is 3.19. The molecule has 1 amide bonds. The highest BCUT2D eigenvalue weighted by molar-refractivity contribution is 7.87. The van der Waals surface area contributed by atoms with Gasteiger partial charge < -0.3 is 18.6 Å². The average molecular weight is 437 g/mol. The maximum absolute atomic E-state index is 13.1. The molecule has 162 valence electrons. The number of carbonyl (C=O) groups excluding carboxylic acids is 1. The molecule has 1 fully saturated rings. The first-order valence-corrected chi connectivity index (χ1v) is 11.0. The van der Waals surface area contributed by atoms with Crippen LogP contribution in [-0.2, 0) is 30.9 Å². The van der Waals surface area contributed by atoms with Crippen molar-refractivity contribution in [2.45, 2.75) is 30.4 Å². The molecule has 0 saturated carbocycles. The molecule has 0 N–H and O–H groups in total. The molecule has 0 radical (unpaired) electrons. The summed E-state index contributed by atoms with van der Waals surface area (Å²) in [7, 11) is -2.72. The lowest BCUT2D eigenvalue weighted by Gasteiger charge is -2.26. The van der Waals surface area contributed by atoms with Crippen molar-refractivity contribution < 1.29 is 31.3 Å². The van der Waals surface area contributed by atoms with E-state index in [0.29, 0.717) is 18.7 Å². The van der Waals surface area contributed by atoms with Crippen molar-refractivity contribution in [3.05, 3.63) is 59.9 Å². The summed E-state index contributed by atoms with van der Waals surface area (Å²) in [6.07, 6.45) is 1.72. The summed E-state index contributed by atoms with van der Waals surface area (Å²) in [6, 6.07) is 11.0. The topological polar surface area (TPSA) is 82.1 Å². The average Bonchev–Trinajstić information content (AvgIpc) is 3.22. The Morgan fingerprint density at radius 3 is 2.60 bits per heavy atom. The lowest BCUT2D eigenvalue weighted by molar-refractivity contribution is -0.137. The maximum atomic E-state index is 13.1. The standard InChI is InChI=1S/C21H24FNO6S/c1-27-15-21(24)23(14-18-6-4-12-28-18)13-16-5-2-3-7-20(16)29-30(25,26)19-10-8-17(22)9-11-19/h2-3,5,7-11,18H,4,6,12-15H2,1H3. The van der Waals surface area contributed by atoms with E-state index in [1.54, 1.807) is 23.1 Å². The number of nitrogens with zero attached hydrogens (tertiary/aromatic N) is 1. The number of hydrogen-bond acceptors (Lipinski definition) is 6. The van der Waals surface area contributed by atoms with Gasteiger partial charge in [0.25, 0.3) is 0 Å². The molecule has 1 aliphatic rings. The van der Waals surface area contributed by atoms with Gasteiger partial charge in [-0.2, -0.15) is 8.42 Å². The van der Waals surface area contributed by atoms with Crippen molar-refractivity contribution >= 4 is 16.0 Å². The van der Waals surface area contributed by atoms with Crippen LogP contribution in [0.1, 0.15) is 18.4 Å². The Hall–Kier alpha value is -2.49. The number of amides is 1. The molecule has 3 rings (SSSR count). The summed E-state index contributed by atoms with van der Waals surface area (Å²) < 4.78 is 54.3. The van der Waals surface area contributed by atoms with Crippen LogP contribution in [0, 0.1) is 5.82 Å². The Morgan fingerprint density at radius 2 is 1.93 bits per heavy atom. The van der Waals surface area contributed by atoms with Crippen molar-refractivity contribution in [1.82, 2.24) is 4.90 Å². The van der Waals surface area contributed by atoms with E-state index in [9.17, 15) is 17.6 Å². The molecule has 0 aliphatic carbocycles. The molecule has 2 aromatic rings. The highest BCUT2D eigenvalue weighted by Gasteiger charge is 2.25. The summed E-state index contributed by atoms with van der Waals surface area (Å²) in [6.45, 7) is 1.08. The smallest absolute Gasteiger partial charge is 0.339 e. The minimum absolute atomic E-state index is 0.0677. The molecule has 1 unspecified atom stereocenters. The van der Waals surface area contributed by atoms with Crippen LogP contribution in [0.3, 0.4) is 0 Å². The summed E-state index contributed by atoms with van der Waals surface area (Å²) in [4.78, 5) is 13.9.